The van der Waals surface area contributed by atoms with Crippen LogP contribution in [-0.4, -0.2) is 14.9 Å². The van der Waals surface area contributed by atoms with Crippen LogP contribution in [0, 0.1) is 21.4 Å². The van der Waals surface area contributed by atoms with Crippen LogP contribution in [0.4, 0.5) is 17.1 Å². The summed E-state index contributed by atoms with van der Waals surface area (Å²) < 4.78 is 5.53. The van der Waals surface area contributed by atoms with Crippen LogP contribution in [0.15, 0.2) is 61.1 Å². The molecule has 1 N–H and O–H groups in total. The molecule has 0 aliphatic carbocycles. The smallest absolute Gasteiger partial charge is 0.293 e. The average molecular weight is 333 g/mol. The number of rotatable bonds is 5. The van der Waals surface area contributed by atoms with Crippen LogP contribution in [0.3, 0.4) is 0 Å². The van der Waals surface area contributed by atoms with E-state index in [1.165, 1.54) is 30.6 Å². The van der Waals surface area contributed by atoms with Gasteiger partial charge in [0.25, 0.3) is 5.69 Å². The van der Waals surface area contributed by atoms with E-state index < -0.39 is 4.92 Å². The molecule has 0 saturated carbocycles. The van der Waals surface area contributed by atoms with Gasteiger partial charge in [0.05, 0.1) is 22.8 Å². The van der Waals surface area contributed by atoms with Crippen LogP contribution in [0.1, 0.15) is 5.56 Å². The summed E-state index contributed by atoms with van der Waals surface area (Å²) in [5.74, 6) is 0.923. The molecule has 0 fully saturated rings. The first-order valence-electron chi connectivity index (χ1n) is 7.15. The van der Waals surface area contributed by atoms with Crippen molar-refractivity contribution in [2.45, 2.75) is 0 Å². The lowest BCUT2D eigenvalue weighted by Gasteiger charge is -2.09. The zero-order valence-corrected chi connectivity index (χ0v) is 12.8. The third kappa shape index (κ3) is 3.86. The Morgan fingerprint density at radius 1 is 1.16 bits per heavy atom. The minimum Gasteiger partial charge on any atom is -0.438 e. The summed E-state index contributed by atoms with van der Waals surface area (Å²) in [6, 6.07) is 13.0. The van der Waals surface area contributed by atoms with Crippen molar-refractivity contribution in [3.63, 3.8) is 0 Å². The second-order valence-corrected chi connectivity index (χ2v) is 4.90. The highest BCUT2D eigenvalue weighted by Gasteiger charge is 2.15. The van der Waals surface area contributed by atoms with Crippen LogP contribution in [0.25, 0.3) is 0 Å². The number of benzene rings is 2. The molecule has 3 rings (SSSR count). The Labute approximate surface area is 142 Å². The molecule has 1 heterocycles. The lowest BCUT2D eigenvalue weighted by molar-refractivity contribution is -0.383. The Morgan fingerprint density at radius 2 is 1.96 bits per heavy atom. The SMILES string of the molecule is N#Cc1ccc(Nc2ccc(Oc3cnccn3)cc2)c([N+](=O)[O-])c1. The molecule has 8 heteroatoms. The number of hydrogen-bond acceptors (Lipinski definition) is 7. The number of nitrogens with zero attached hydrogens (tertiary/aromatic N) is 4. The number of ether oxygens (including phenoxy) is 1. The van der Waals surface area contributed by atoms with Crippen LogP contribution < -0.4 is 10.1 Å². The summed E-state index contributed by atoms with van der Waals surface area (Å²) in [6.45, 7) is 0. The number of nitrogens with one attached hydrogen (secondary N) is 1. The third-order valence-electron chi connectivity index (χ3n) is 3.22. The zero-order valence-electron chi connectivity index (χ0n) is 12.8. The summed E-state index contributed by atoms with van der Waals surface area (Å²) >= 11 is 0. The summed E-state index contributed by atoms with van der Waals surface area (Å²) in [4.78, 5) is 18.5. The van der Waals surface area contributed by atoms with Gasteiger partial charge in [0.2, 0.25) is 5.88 Å². The lowest BCUT2D eigenvalue weighted by Crippen LogP contribution is -1.97. The molecular formula is C17H11N5O3. The summed E-state index contributed by atoms with van der Waals surface area (Å²) in [5, 5.41) is 23.0. The van der Waals surface area contributed by atoms with Crippen molar-refractivity contribution in [2.24, 2.45) is 0 Å². The van der Waals surface area contributed by atoms with E-state index in [9.17, 15) is 10.1 Å². The minimum atomic E-state index is -0.533. The molecule has 2 aromatic carbocycles. The first kappa shape index (κ1) is 15.9. The van der Waals surface area contributed by atoms with Gasteiger partial charge < -0.3 is 10.1 Å². The minimum absolute atomic E-state index is 0.168. The van der Waals surface area contributed by atoms with E-state index in [0.29, 0.717) is 23.0 Å². The fraction of sp³-hybridized carbons (Fsp3) is 0. The highest BCUT2D eigenvalue weighted by molar-refractivity contribution is 5.71. The molecule has 0 bridgehead atoms. The van der Waals surface area contributed by atoms with E-state index in [-0.39, 0.29) is 11.3 Å². The van der Waals surface area contributed by atoms with Crippen LogP contribution in [0.5, 0.6) is 11.6 Å². The molecule has 0 aliphatic rings. The van der Waals surface area contributed by atoms with Crippen molar-refractivity contribution >= 4 is 17.1 Å². The van der Waals surface area contributed by atoms with Crippen molar-refractivity contribution in [3.05, 3.63) is 76.7 Å². The number of anilines is 2. The molecule has 0 unspecified atom stereocenters. The molecule has 0 radical (unpaired) electrons. The predicted octanol–water partition coefficient (Wildman–Crippen LogP) is 3.79. The maximum atomic E-state index is 11.2. The van der Waals surface area contributed by atoms with Crippen molar-refractivity contribution in [3.8, 4) is 17.7 Å². The summed E-state index contributed by atoms with van der Waals surface area (Å²) in [6.07, 6.45) is 4.56. The topological polar surface area (TPSA) is 114 Å². The highest BCUT2D eigenvalue weighted by atomic mass is 16.6. The molecule has 0 aliphatic heterocycles. The molecule has 0 spiro atoms. The standard InChI is InChI=1S/C17H11N5O3/c18-10-12-1-6-15(16(9-12)22(23)24)21-13-2-4-14(5-3-13)25-17-11-19-7-8-20-17/h1-9,11,21H. The van der Waals surface area contributed by atoms with Gasteiger partial charge in [-0.1, -0.05) is 0 Å². The molecule has 0 saturated heterocycles. The third-order valence-corrected chi connectivity index (χ3v) is 3.22. The van der Waals surface area contributed by atoms with Gasteiger partial charge >= 0.3 is 0 Å². The quantitative estimate of drug-likeness (QED) is 0.558. The van der Waals surface area contributed by atoms with Crippen molar-refractivity contribution in [2.75, 3.05) is 5.32 Å². The van der Waals surface area contributed by atoms with Gasteiger partial charge in [0, 0.05) is 24.1 Å². The second kappa shape index (κ2) is 7.06. The first-order chi connectivity index (χ1) is 12.2. The van der Waals surface area contributed by atoms with Crippen LogP contribution in [0.2, 0.25) is 0 Å². The molecule has 8 nitrogen and oxygen atoms in total. The molecule has 3 aromatic rings. The van der Waals surface area contributed by atoms with Crippen LogP contribution in [-0.2, 0) is 0 Å². The number of aromatic nitrogens is 2. The largest absolute Gasteiger partial charge is 0.438 e. The van der Waals surface area contributed by atoms with Gasteiger partial charge in [-0.2, -0.15) is 5.26 Å². The lowest BCUT2D eigenvalue weighted by atomic mass is 10.2. The van der Waals surface area contributed by atoms with Gasteiger partial charge in [-0.3, -0.25) is 15.1 Å². The Morgan fingerprint density at radius 3 is 2.60 bits per heavy atom. The van der Waals surface area contributed by atoms with Crippen molar-refractivity contribution in [1.29, 1.82) is 5.26 Å². The Kier molecular flexibility index (Phi) is 4.49. The molecule has 122 valence electrons. The zero-order chi connectivity index (χ0) is 17.6. The molecule has 1 aromatic heterocycles. The Hall–Kier alpha value is -3.99. The average Bonchev–Trinajstić information content (AvgIpc) is 2.64. The molecule has 0 atom stereocenters. The van der Waals surface area contributed by atoms with E-state index in [1.54, 1.807) is 30.5 Å². The van der Waals surface area contributed by atoms with Crippen molar-refractivity contribution in [1.82, 2.24) is 9.97 Å². The van der Waals surface area contributed by atoms with E-state index in [2.05, 4.69) is 15.3 Å². The fourth-order valence-electron chi connectivity index (χ4n) is 2.08. The maximum Gasteiger partial charge on any atom is 0.293 e. The summed E-state index contributed by atoms with van der Waals surface area (Å²) in [5.41, 5.74) is 0.995. The number of nitro groups is 1. The fourth-order valence-corrected chi connectivity index (χ4v) is 2.08. The van der Waals surface area contributed by atoms with Gasteiger partial charge in [-0.05, 0) is 36.4 Å². The van der Waals surface area contributed by atoms with Crippen molar-refractivity contribution < 1.29 is 9.66 Å². The second-order valence-electron chi connectivity index (χ2n) is 4.90. The number of nitriles is 1. The van der Waals surface area contributed by atoms with Gasteiger partial charge in [-0.25, -0.2) is 4.98 Å². The van der Waals surface area contributed by atoms with E-state index in [4.69, 9.17) is 10.00 Å². The summed E-state index contributed by atoms with van der Waals surface area (Å²) in [7, 11) is 0. The Bertz CT molecular complexity index is 937. The van der Waals surface area contributed by atoms with Gasteiger partial charge in [-0.15, -0.1) is 0 Å². The van der Waals surface area contributed by atoms with E-state index in [1.807, 2.05) is 6.07 Å². The number of hydrogen-bond donors (Lipinski definition) is 1. The Balaban J connectivity index is 1.78. The maximum absolute atomic E-state index is 11.2. The molecular weight excluding hydrogens is 322 g/mol. The van der Waals surface area contributed by atoms with E-state index in [0.717, 1.165) is 0 Å². The molecule has 25 heavy (non-hydrogen) atoms. The van der Waals surface area contributed by atoms with E-state index >= 15 is 0 Å². The van der Waals surface area contributed by atoms with Gasteiger partial charge in [0.1, 0.15) is 11.4 Å². The first-order valence-corrected chi connectivity index (χ1v) is 7.15. The van der Waals surface area contributed by atoms with Gasteiger partial charge in [0.15, 0.2) is 0 Å². The van der Waals surface area contributed by atoms with Crippen LogP contribution >= 0.6 is 0 Å². The predicted molar refractivity (Wildman–Crippen MR) is 89.6 cm³/mol. The monoisotopic (exact) mass is 333 g/mol. The normalized spacial score (nSPS) is 9.88. The highest BCUT2D eigenvalue weighted by Crippen LogP contribution is 2.29. The molecule has 0 amide bonds. The number of nitro benzene ring substituents is 1.